The molecule has 2 rings (SSSR count). The van der Waals surface area contributed by atoms with Crippen LogP contribution in [0.5, 0.6) is 11.5 Å². The molecule has 0 bridgehead atoms. The molecule has 4 nitrogen and oxygen atoms in total. The number of carbonyl (C=O) groups is 1. The number of hydrogen-bond donors (Lipinski definition) is 2. The highest BCUT2D eigenvalue weighted by Crippen LogP contribution is 2.32. The summed E-state index contributed by atoms with van der Waals surface area (Å²) < 4.78 is 5.17. The first-order chi connectivity index (χ1) is 9.95. The van der Waals surface area contributed by atoms with Crippen molar-refractivity contribution in [3.63, 3.8) is 0 Å². The molecule has 6 heteroatoms. The van der Waals surface area contributed by atoms with Gasteiger partial charge in [0, 0.05) is 16.5 Å². The third-order valence-corrected chi connectivity index (χ3v) is 3.49. The molecule has 3 N–H and O–H groups in total. The van der Waals surface area contributed by atoms with Crippen LogP contribution in [0.1, 0.15) is 11.1 Å². The van der Waals surface area contributed by atoms with Gasteiger partial charge in [-0.1, -0.05) is 35.3 Å². The molecule has 21 heavy (non-hydrogen) atoms. The molecule has 2 aromatic carbocycles. The van der Waals surface area contributed by atoms with Crippen LogP contribution in [0.2, 0.25) is 10.0 Å². The van der Waals surface area contributed by atoms with Crippen LogP contribution in [0.4, 0.5) is 0 Å². The fraction of sp³-hybridized carbons (Fsp3) is 0.133. The van der Waals surface area contributed by atoms with Gasteiger partial charge >= 0.3 is 0 Å². The van der Waals surface area contributed by atoms with Crippen LogP contribution >= 0.6 is 23.2 Å². The van der Waals surface area contributed by atoms with Gasteiger partial charge in [-0.15, -0.1) is 0 Å². The summed E-state index contributed by atoms with van der Waals surface area (Å²) in [6.07, 6.45) is 0.522. The van der Waals surface area contributed by atoms with Crippen molar-refractivity contribution in [1.82, 2.24) is 0 Å². The minimum Gasteiger partial charge on any atom is -0.508 e. The van der Waals surface area contributed by atoms with E-state index in [-0.39, 0.29) is 12.4 Å². The summed E-state index contributed by atoms with van der Waals surface area (Å²) in [4.78, 5) is 10.7. The van der Waals surface area contributed by atoms with E-state index in [9.17, 15) is 9.90 Å². The highest BCUT2D eigenvalue weighted by atomic mass is 35.5. The highest BCUT2D eigenvalue weighted by molar-refractivity contribution is 6.36. The molecule has 2 aromatic rings. The molecule has 0 atom stereocenters. The van der Waals surface area contributed by atoms with E-state index < -0.39 is 5.91 Å². The second kappa shape index (κ2) is 6.70. The Kier molecular flexibility index (Phi) is 4.94. The predicted molar refractivity (Wildman–Crippen MR) is 82.1 cm³/mol. The third kappa shape index (κ3) is 4.28. The lowest BCUT2D eigenvalue weighted by molar-refractivity contribution is -0.119. The minimum atomic E-state index is -0.574. The molecule has 0 aliphatic carbocycles. The molecule has 0 radical (unpaired) electrons. The summed E-state index contributed by atoms with van der Waals surface area (Å²) in [5.41, 5.74) is 6.72. The summed E-state index contributed by atoms with van der Waals surface area (Å²) in [6.45, 7) is -0.232. The molecule has 0 fully saturated rings. The molecule has 110 valence electrons. The Morgan fingerprint density at radius 1 is 1.14 bits per heavy atom. The number of halogens is 2. The topological polar surface area (TPSA) is 72.6 Å². The molecule has 0 unspecified atom stereocenters. The second-order valence-electron chi connectivity index (χ2n) is 4.46. The van der Waals surface area contributed by atoms with Crippen molar-refractivity contribution in [2.24, 2.45) is 5.73 Å². The maximum atomic E-state index is 10.7. The van der Waals surface area contributed by atoms with Gasteiger partial charge in [0.25, 0.3) is 5.91 Å². The average molecular weight is 326 g/mol. The van der Waals surface area contributed by atoms with Crippen LogP contribution in [-0.4, -0.2) is 17.6 Å². The predicted octanol–water partition coefficient (Wildman–Crippen LogP) is 3.15. The summed E-state index contributed by atoms with van der Waals surface area (Å²) in [5, 5.41) is 10.1. The third-order valence-electron chi connectivity index (χ3n) is 2.81. The Morgan fingerprint density at radius 3 is 2.24 bits per heavy atom. The fourth-order valence-electron chi connectivity index (χ4n) is 1.80. The van der Waals surface area contributed by atoms with Crippen molar-refractivity contribution < 1.29 is 14.6 Å². The van der Waals surface area contributed by atoms with Gasteiger partial charge in [-0.25, -0.2) is 0 Å². The molecule has 1 amide bonds. The van der Waals surface area contributed by atoms with Crippen LogP contribution in [0.3, 0.4) is 0 Å². The van der Waals surface area contributed by atoms with E-state index in [1.807, 2.05) is 0 Å². The quantitative estimate of drug-likeness (QED) is 0.886. The zero-order valence-electron chi connectivity index (χ0n) is 11.0. The maximum absolute atomic E-state index is 10.7. The normalized spacial score (nSPS) is 10.4. The second-order valence-corrected chi connectivity index (χ2v) is 5.28. The first kappa shape index (κ1) is 15.5. The van der Waals surface area contributed by atoms with Gasteiger partial charge in [0.1, 0.15) is 11.5 Å². The molecule has 0 aliphatic rings. The number of carbonyl (C=O) groups excluding carboxylic acids is 1. The lowest BCUT2D eigenvalue weighted by Crippen LogP contribution is -2.20. The van der Waals surface area contributed by atoms with E-state index in [1.165, 1.54) is 0 Å². The Bertz CT molecular complexity index is 633. The largest absolute Gasteiger partial charge is 0.508 e. The standard InChI is InChI=1S/C15H13Cl2NO3/c16-13-6-11(21-8-15(18)20)7-14(17)12(13)5-9-1-3-10(19)4-2-9/h1-4,6-7,19H,5,8H2,(H2,18,20). The molecular weight excluding hydrogens is 313 g/mol. The molecule has 0 saturated carbocycles. The smallest absolute Gasteiger partial charge is 0.255 e. The fourth-order valence-corrected chi connectivity index (χ4v) is 2.41. The van der Waals surface area contributed by atoms with Crippen molar-refractivity contribution in [1.29, 1.82) is 0 Å². The van der Waals surface area contributed by atoms with Crippen molar-refractivity contribution in [2.45, 2.75) is 6.42 Å². The number of nitrogens with two attached hydrogens (primary N) is 1. The Morgan fingerprint density at radius 2 is 1.71 bits per heavy atom. The van der Waals surface area contributed by atoms with Crippen LogP contribution in [0.25, 0.3) is 0 Å². The van der Waals surface area contributed by atoms with Crippen molar-refractivity contribution in [3.8, 4) is 11.5 Å². The summed E-state index contributed by atoms with van der Waals surface area (Å²) in [5.74, 6) is 0.0137. The number of phenolic OH excluding ortho intramolecular Hbond substituents is 1. The molecule has 0 saturated heterocycles. The number of amides is 1. The van der Waals surface area contributed by atoms with Gasteiger partial charge in [0.2, 0.25) is 0 Å². The summed E-state index contributed by atoms with van der Waals surface area (Å²) >= 11 is 12.4. The van der Waals surface area contributed by atoms with Gasteiger partial charge in [0.05, 0.1) is 0 Å². The first-order valence-corrected chi connectivity index (χ1v) is 6.88. The molecule has 0 aromatic heterocycles. The van der Waals surface area contributed by atoms with Crippen molar-refractivity contribution in [2.75, 3.05) is 6.61 Å². The maximum Gasteiger partial charge on any atom is 0.255 e. The number of ether oxygens (including phenoxy) is 1. The van der Waals surface area contributed by atoms with Crippen LogP contribution in [0, 0.1) is 0 Å². The van der Waals surface area contributed by atoms with Crippen LogP contribution < -0.4 is 10.5 Å². The Balaban J connectivity index is 2.20. The monoisotopic (exact) mass is 325 g/mol. The molecule has 0 heterocycles. The van der Waals surface area contributed by atoms with Crippen molar-refractivity contribution in [3.05, 3.63) is 57.6 Å². The van der Waals surface area contributed by atoms with Crippen LogP contribution in [-0.2, 0) is 11.2 Å². The zero-order valence-corrected chi connectivity index (χ0v) is 12.5. The van der Waals surface area contributed by atoms with Gasteiger partial charge in [0.15, 0.2) is 6.61 Å². The van der Waals surface area contributed by atoms with Crippen molar-refractivity contribution >= 4 is 29.1 Å². The highest BCUT2D eigenvalue weighted by Gasteiger charge is 2.10. The lowest BCUT2D eigenvalue weighted by atomic mass is 10.0. The van der Waals surface area contributed by atoms with E-state index in [0.717, 1.165) is 11.1 Å². The van der Waals surface area contributed by atoms with Gasteiger partial charge in [-0.05, 0) is 35.4 Å². The Hall–Kier alpha value is -1.91. The average Bonchev–Trinajstić information content (AvgIpc) is 2.42. The van der Waals surface area contributed by atoms with E-state index in [4.69, 9.17) is 33.7 Å². The Labute approximate surface area is 132 Å². The number of benzene rings is 2. The minimum absolute atomic E-state index is 0.200. The summed E-state index contributed by atoms with van der Waals surface area (Å²) in [6, 6.07) is 9.96. The van der Waals surface area contributed by atoms with E-state index in [1.54, 1.807) is 36.4 Å². The van der Waals surface area contributed by atoms with E-state index >= 15 is 0 Å². The van der Waals surface area contributed by atoms with E-state index in [2.05, 4.69) is 0 Å². The molecular formula is C15H13Cl2NO3. The molecule has 0 aliphatic heterocycles. The van der Waals surface area contributed by atoms with Crippen LogP contribution in [0.15, 0.2) is 36.4 Å². The summed E-state index contributed by atoms with van der Waals surface area (Å²) in [7, 11) is 0. The number of rotatable bonds is 5. The van der Waals surface area contributed by atoms with Gasteiger partial charge in [-0.2, -0.15) is 0 Å². The lowest BCUT2D eigenvalue weighted by Gasteiger charge is -2.11. The SMILES string of the molecule is NC(=O)COc1cc(Cl)c(Cc2ccc(O)cc2)c(Cl)c1. The number of hydrogen-bond acceptors (Lipinski definition) is 3. The number of aromatic hydroxyl groups is 1. The first-order valence-electron chi connectivity index (χ1n) is 6.12. The zero-order chi connectivity index (χ0) is 15.4. The number of phenols is 1. The van der Waals surface area contributed by atoms with E-state index in [0.29, 0.717) is 22.2 Å². The number of primary amides is 1. The van der Waals surface area contributed by atoms with Gasteiger partial charge in [-0.3, -0.25) is 4.79 Å². The molecule has 0 spiro atoms. The van der Waals surface area contributed by atoms with Gasteiger partial charge < -0.3 is 15.6 Å².